The first-order valence-electron chi connectivity index (χ1n) is 3.66. The molecule has 1 fully saturated rings. The van der Waals surface area contributed by atoms with Crippen molar-refractivity contribution in [1.29, 1.82) is 0 Å². The van der Waals surface area contributed by atoms with Gasteiger partial charge in [0.05, 0.1) is 0 Å². The molecular formula is C7H15NS. The van der Waals surface area contributed by atoms with Crippen LogP contribution >= 0.6 is 11.8 Å². The van der Waals surface area contributed by atoms with E-state index >= 15 is 0 Å². The Bertz CT molecular complexity index is 66.6. The number of thioether (sulfide) groups is 1. The van der Waals surface area contributed by atoms with Crippen molar-refractivity contribution >= 4 is 11.8 Å². The van der Waals surface area contributed by atoms with E-state index < -0.39 is 0 Å². The van der Waals surface area contributed by atoms with E-state index in [1.54, 1.807) is 0 Å². The average Bonchev–Trinajstić information content (AvgIpc) is 1.91. The monoisotopic (exact) mass is 145 g/mol. The summed E-state index contributed by atoms with van der Waals surface area (Å²) >= 11 is 1.95. The van der Waals surface area contributed by atoms with Crippen molar-refractivity contribution in [2.75, 3.05) is 18.6 Å². The van der Waals surface area contributed by atoms with Crippen LogP contribution in [0.5, 0.6) is 0 Å². The van der Waals surface area contributed by atoms with Crippen molar-refractivity contribution in [3.8, 4) is 0 Å². The molecular weight excluding hydrogens is 130 g/mol. The van der Waals surface area contributed by atoms with Gasteiger partial charge in [-0.15, -0.1) is 0 Å². The molecule has 0 radical (unpaired) electrons. The molecule has 1 aliphatic heterocycles. The Kier molecular flexibility index (Phi) is 3.44. The van der Waals surface area contributed by atoms with Crippen LogP contribution in [0.4, 0.5) is 0 Å². The maximum atomic E-state index is 3.50. The van der Waals surface area contributed by atoms with Gasteiger partial charge in [-0.25, -0.2) is 0 Å². The number of piperidine rings is 1. The molecule has 0 aliphatic carbocycles. The molecule has 1 rings (SSSR count). The smallest absolute Gasteiger partial charge is 0.0158 e. The molecule has 0 bridgehead atoms. The van der Waals surface area contributed by atoms with Gasteiger partial charge < -0.3 is 5.32 Å². The molecule has 0 aromatic heterocycles. The molecule has 0 aromatic carbocycles. The van der Waals surface area contributed by atoms with E-state index in [2.05, 4.69) is 11.6 Å². The van der Waals surface area contributed by atoms with Crippen LogP contribution in [0.1, 0.15) is 19.3 Å². The molecule has 9 heavy (non-hydrogen) atoms. The Morgan fingerprint density at radius 2 is 2.44 bits per heavy atom. The summed E-state index contributed by atoms with van der Waals surface area (Å²) in [6, 6.07) is 0.814. The quantitative estimate of drug-likeness (QED) is 0.632. The summed E-state index contributed by atoms with van der Waals surface area (Å²) in [7, 11) is 0. The Hall–Kier alpha value is 0.310. The average molecular weight is 145 g/mol. The summed E-state index contributed by atoms with van der Waals surface area (Å²) in [5.74, 6) is 1.29. The molecule has 1 saturated heterocycles. The molecule has 1 heterocycles. The summed E-state index contributed by atoms with van der Waals surface area (Å²) in [6.07, 6.45) is 6.38. The molecule has 1 N–H and O–H groups in total. The normalized spacial score (nSPS) is 28.3. The second kappa shape index (κ2) is 4.18. The lowest BCUT2D eigenvalue weighted by atomic mass is 10.1. The maximum absolute atomic E-state index is 3.50. The Labute approximate surface area is 61.6 Å². The highest BCUT2D eigenvalue weighted by atomic mass is 32.2. The summed E-state index contributed by atoms with van der Waals surface area (Å²) in [4.78, 5) is 0. The number of rotatable bonds is 2. The highest BCUT2D eigenvalue weighted by Crippen LogP contribution is 2.10. The van der Waals surface area contributed by atoms with Crippen molar-refractivity contribution in [3.63, 3.8) is 0 Å². The van der Waals surface area contributed by atoms with E-state index in [1.165, 1.54) is 31.6 Å². The summed E-state index contributed by atoms with van der Waals surface area (Å²) < 4.78 is 0. The second-order valence-electron chi connectivity index (χ2n) is 2.60. The highest BCUT2D eigenvalue weighted by molar-refractivity contribution is 7.98. The van der Waals surface area contributed by atoms with Gasteiger partial charge in [0.1, 0.15) is 0 Å². The molecule has 54 valence electrons. The first kappa shape index (κ1) is 7.42. The van der Waals surface area contributed by atoms with Gasteiger partial charge in [0.15, 0.2) is 0 Å². The van der Waals surface area contributed by atoms with Crippen molar-refractivity contribution in [2.45, 2.75) is 25.3 Å². The third-order valence-electron chi connectivity index (χ3n) is 1.78. The molecule has 0 aromatic rings. The molecule has 0 spiro atoms. The lowest BCUT2D eigenvalue weighted by Crippen LogP contribution is -2.35. The van der Waals surface area contributed by atoms with Gasteiger partial charge in [-0.1, -0.05) is 6.42 Å². The Morgan fingerprint density at radius 1 is 1.56 bits per heavy atom. The fourth-order valence-corrected chi connectivity index (χ4v) is 1.95. The van der Waals surface area contributed by atoms with Gasteiger partial charge in [0.25, 0.3) is 0 Å². The van der Waals surface area contributed by atoms with E-state index in [0.29, 0.717) is 0 Å². The number of hydrogen-bond acceptors (Lipinski definition) is 2. The van der Waals surface area contributed by atoms with Gasteiger partial charge in [-0.05, 0) is 25.6 Å². The van der Waals surface area contributed by atoms with Crippen molar-refractivity contribution in [1.82, 2.24) is 5.32 Å². The van der Waals surface area contributed by atoms with Crippen molar-refractivity contribution < 1.29 is 0 Å². The first-order valence-corrected chi connectivity index (χ1v) is 5.05. The van der Waals surface area contributed by atoms with Crippen molar-refractivity contribution in [2.24, 2.45) is 0 Å². The lowest BCUT2D eigenvalue weighted by Gasteiger charge is -2.22. The number of hydrogen-bond donors (Lipinski definition) is 1. The van der Waals surface area contributed by atoms with Crippen molar-refractivity contribution in [3.05, 3.63) is 0 Å². The maximum Gasteiger partial charge on any atom is 0.0158 e. The zero-order chi connectivity index (χ0) is 6.53. The molecule has 0 saturated carbocycles. The minimum Gasteiger partial charge on any atom is -0.313 e. The largest absolute Gasteiger partial charge is 0.313 e. The van der Waals surface area contributed by atoms with Crippen LogP contribution in [-0.2, 0) is 0 Å². The number of nitrogens with one attached hydrogen (secondary N) is 1. The fourth-order valence-electron chi connectivity index (χ4n) is 1.27. The first-order chi connectivity index (χ1) is 4.43. The van der Waals surface area contributed by atoms with E-state index in [4.69, 9.17) is 0 Å². The third-order valence-corrected chi connectivity index (χ3v) is 2.52. The molecule has 0 amide bonds. The molecule has 2 heteroatoms. The lowest BCUT2D eigenvalue weighted by molar-refractivity contribution is 0.430. The second-order valence-corrected chi connectivity index (χ2v) is 3.51. The molecule has 1 aliphatic rings. The predicted molar refractivity (Wildman–Crippen MR) is 44.0 cm³/mol. The van der Waals surface area contributed by atoms with Crippen LogP contribution in [0.3, 0.4) is 0 Å². The van der Waals surface area contributed by atoms with E-state index in [-0.39, 0.29) is 0 Å². The summed E-state index contributed by atoms with van der Waals surface area (Å²) in [6.45, 7) is 1.24. The molecule has 1 unspecified atom stereocenters. The summed E-state index contributed by atoms with van der Waals surface area (Å²) in [5.41, 5.74) is 0. The standard InChI is InChI=1S/C7H15NS/c1-9-6-7-4-2-3-5-8-7/h7-8H,2-6H2,1H3. The van der Waals surface area contributed by atoms with E-state index in [1.807, 2.05) is 11.8 Å². The van der Waals surface area contributed by atoms with Crippen LogP contribution in [-0.4, -0.2) is 24.6 Å². The van der Waals surface area contributed by atoms with Crippen LogP contribution in [0.15, 0.2) is 0 Å². The highest BCUT2D eigenvalue weighted by Gasteiger charge is 2.10. The van der Waals surface area contributed by atoms with E-state index in [9.17, 15) is 0 Å². The van der Waals surface area contributed by atoms with Crippen LogP contribution in [0.2, 0.25) is 0 Å². The summed E-state index contributed by atoms with van der Waals surface area (Å²) in [5, 5.41) is 3.50. The van der Waals surface area contributed by atoms with Crippen LogP contribution in [0, 0.1) is 0 Å². The Balaban J connectivity index is 2.08. The minimum absolute atomic E-state index is 0.814. The van der Waals surface area contributed by atoms with E-state index in [0.717, 1.165) is 6.04 Å². The molecule has 1 nitrogen and oxygen atoms in total. The van der Waals surface area contributed by atoms with Gasteiger partial charge in [-0.2, -0.15) is 11.8 Å². The zero-order valence-electron chi connectivity index (χ0n) is 6.02. The SMILES string of the molecule is CSCC1CCCCN1. The Morgan fingerprint density at radius 3 is 3.00 bits per heavy atom. The fraction of sp³-hybridized carbons (Fsp3) is 1.00. The van der Waals surface area contributed by atoms with Gasteiger partial charge >= 0.3 is 0 Å². The minimum atomic E-state index is 0.814. The van der Waals surface area contributed by atoms with Crippen LogP contribution in [0.25, 0.3) is 0 Å². The van der Waals surface area contributed by atoms with Crippen LogP contribution < -0.4 is 5.32 Å². The zero-order valence-corrected chi connectivity index (χ0v) is 6.84. The van der Waals surface area contributed by atoms with Gasteiger partial charge in [0.2, 0.25) is 0 Å². The van der Waals surface area contributed by atoms with Gasteiger partial charge in [-0.3, -0.25) is 0 Å². The topological polar surface area (TPSA) is 12.0 Å². The predicted octanol–water partition coefficient (Wildman–Crippen LogP) is 1.49. The van der Waals surface area contributed by atoms with Gasteiger partial charge in [0, 0.05) is 11.8 Å². The third kappa shape index (κ3) is 2.59. The molecule has 1 atom stereocenters.